The summed E-state index contributed by atoms with van der Waals surface area (Å²) in [5.74, 6) is -0.806. The number of benzene rings is 3. The maximum Gasteiger partial charge on any atom is 0.255 e. The van der Waals surface area contributed by atoms with Gasteiger partial charge in [0.25, 0.3) is 5.91 Å². The molecule has 0 saturated carbocycles. The Morgan fingerprint density at radius 2 is 1.57 bits per heavy atom. The van der Waals surface area contributed by atoms with Crippen molar-refractivity contribution in [2.45, 2.75) is 30.9 Å². The summed E-state index contributed by atoms with van der Waals surface area (Å²) in [6, 6.07) is 18.5. The fourth-order valence-electron chi connectivity index (χ4n) is 2.77. The molecule has 30 heavy (non-hydrogen) atoms. The summed E-state index contributed by atoms with van der Waals surface area (Å²) in [5, 5.41) is 5.41. The molecule has 6 heteroatoms. The average Bonchev–Trinajstić information content (AvgIpc) is 2.71. The summed E-state index contributed by atoms with van der Waals surface area (Å²) in [4.78, 5) is 25.7. The highest BCUT2D eigenvalue weighted by Gasteiger charge is 2.15. The van der Waals surface area contributed by atoms with Gasteiger partial charge >= 0.3 is 0 Å². The van der Waals surface area contributed by atoms with Gasteiger partial charge in [-0.25, -0.2) is 4.39 Å². The van der Waals surface area contributed by atoms with Crippen LogP contribution < -0.4 is 10.6 Å². The van der Waals surface area contributed by atoms with Crippen LogP contribution in [0.2, 0.25) is 0 Å². The number of thioether (sulfide) groups is 1. The highest BCUT2D eigenvalue weighted by Crippen LogP contribution is 2.27. The first-order valence-electron chi connectivity index (χ1n) is 9.53. The van der Waals surface area contributed by atoms with Crippen LogP contribution >= 0.6 is 11.8 Å². The number of carbonyl (C=O) groups excluding carboxylic acids is 2. The van der Waals surface area contributed by atoms with E-state index in [0.717, 1.165) is 16.1 Å². The van der Waals surface area contributed by atoms with E-state index in [-0.39, 0.29) is 17.1 Å². The van der Waals surface area contributed by atoms with Crippen LogP contribution in [0.4, 0.5) is 15.8 Å². The number of carbonyl (C=O) groups is 2. The molecule has 154 valence electrons. The molecule has 0 spiro atoms. The number of hydrogen-bond acceptors (Lipinski definition) is 3. The van der Waals surface area contributed by atoms with E-state index in [2.05, 4.69) is 10.6 Å². The third-order valence-corrected chi connectivity index (χ3v) is 5.75. The van der Waals surface area contributed by atoms with Crippen molar-refractivity contribution in [1.29, 1.82) is 0 Å². The lowest BCUT2D eigenvalue weighted by atomic mass is 10.1. The Hall–Kier alpha value is -3.12. The molecule has 2 amide bonds. The zero-order valence-corrected chi connectivity index (χ0v) is 17.8. The summed E-state index contributed by atoms with van der Waals surface area (Å²) in [6.45, 7) is 5.88. The minimum Gasteiger partial charge on any atom is -0.325 e. The second kappa shape index (κ2) is 9.59. The fourth-order valence-corrected chi connectivity index (χ4v) is 3.70. The molecule has 0 saturated heterocycles. The SMILES string of the molecule is Cc1ccc(NC(=O)C(C)Sc2cccc(NC(=O)c3ccc(F)cc3)c2)cc1C. The van der Waals surface area contributed by atoms with Gasteiger partial charge in [-0.05, 0) is 86.5 Å². The second-order valence-corrected chi connectivity index (χ2v) is 8.45. The molecule has 0 aliphatic rings. The molecule has 0 aromatic heterocycles. The van der Waals surface area contributed by atoms with Gasteiger partial charge in [-0.3, -0.25) is 9.59 Å². The number of amides is 2. The van der Waals surface area contributed by atoms with Crippen molar-refractivity contribution >= 4 is 35.0 Å². The Morgan fingerprint density at radius 3 is 2.27 bits per heavy atom. The zero-order valence-electron chi connectivity index (χ0n) is 17.0. The minimum absolute atomic E-state index is 0.0935. The molecule has 1 unspecified atom stereocenters. The highest BCUT2D eigenvalue weighted by molar-refractivity contribution is 8.00. The second-order valence-electron chi connectivity index (χ2n) is 7.04. The van der Waals surface area contributed by atoms with Crippen molar-refractivity contribution in [1.82, 2.24) is 0 Å². The van der Waals surface area contributed by atoms with Crippen molar-refractivity contribution in [2.75, 3.05) is 10.6 Å². The van der Waals surface area contributed by atoms with E-state index in [1.54, 1.807) is 6.07 Å². The number of rotatable bonds is 6. The van der Waals surface area contributed by atoms with Gasteiger partial charge in [0.1, 0.15) is 5.82 Å². The third kappa shape index (κ3) is 5.70. The lowest BCUT2D eigenvalue weighted by Gasteiger charge is -2.14. The van der Waals surface area contributed by atoms with E-state index in [1.165, 1.54) is 41.6 Å². The van der Waals surface area contributed by atoms with Gasteiger partial charge in [0.05, 0.1) is 5.25 Å². The summed E-state index contributed by atoms with van der Waals surface area (Å²) in [5.41, 5.74) is 4.05. The van der Waals surface area contributed by atoms with Crippen LogP contribution in [0.15, 0.2) is 71.6 Å². The number of anilines is 2. The van der Waals surface area contributed by atoms with E-state index < -0.39 is 5.82 Å². The van der Waals surface area contributed by atoms with Crippen molar-refractivity contribution in [3.8, 4) is 0 Å². The summed E-state index contributed by atoms with van der Waals surface area (Å²) in [6.07, 6.45) is 0. The first-order chi connectivity index (χ1) is 14.3. The van der Waals surface area contributed by atoms with E-state index >= 15 is 0 Å². The largest absolute Gasteiger partial charge is 0.325 e. The van der Waals surface area contributed by atoms with E-state index in [9.17, 15) is 14.0 Å². The van der Waals surface area contributed by atoms with Gasteiger partial charge in [-0.15, -0.1) is 11.8 Å². The molecular weight excluding hydrogens is 399 g/mol. The predicted molar refractivity (Wildman–Crippen MR) is 121 cm³/mol. The van der Waals surface area contributed by atoms with Crippen LogP contribution in [0.3, 0.4) is 0 Å². The van der Waals surface area contributed by atoms with Crippen LogP contribution in [0, 0.1) is 19.7 Å². The van der Waals surface area contributed by atoms with Crippen LogP contribution in [-0.4, -0.2) is 17.1 Å². The van der Waals surface area contributed by atoms with Crippen molar-refractivity contribution < 1.29 is 14.0 Å². The molecule has 2 N–H and O–H groups in total. The summed E-state index contributed by atoms with van der Waals surface area (Å²) in [7, 11) is 0. The van der Waals surface area contributed by atoms with Gasteiger partial charge in [-0.1, -0.05) is 12.1 Å². The maximum absolute atomic E-state index is 13.0. The standard InChI is InChI=1S/C24H23FN2O2S/c1-15-7-12-21(13-16(15)2)26-23(28)17(3)30-22-6-4-5-20(14-22)27-24(29)18-8-10-19(25)11-9-18/h4-14,17H,1-3H3,(H,26,28)(H,27,29). The maximum atomic E-state index is 13.0. The van der Waals surface area contributed by atoms with Crippen molar-refractivity contribution in [2.24, 2.45) is 0 Å². The lowest BCUT2D eigenvalue weighted by molar-refractivity contribution is -0.115. The van der Waals surface area contributed by atoms with E-state index in [0.29, 0.717) is 11.3 Å². The van der Waals surface area contributed by atoms with E-state index in [1.807, 2.05) is 57.2 Å². The molecule has 0 heterocycles. The Labute approximate surface area is 179 Å². The molecule has 4 nitrogen and oxygen atoms in total. The molecule has 3 aromatic carbocycles. The Morgan fingerprint density at radius 1 is 0.867 bits per heavy atom. The molecule has 0 bridgehead atoms. The number of nitrogens with one attached hydrogen (secondary N) is 2. The Kier molecular flexibility index (Phi) is 6.90. The number of halogens is 1. The van der Waals surface area contributed by atoms with Crippen LogP contribution in [0.25, 0.3) is 0 Å². The van der Waals surface area contributed by atoms with Crippen molar-refractivity contribution in [3.63, 3.8) is 0 Å². The average molecular weight is 423 g/mol. The molecule has 0 aliphatic heterocycles. The van der Waals surface area contributed by atoms with Gasteiger partial charge in [0, 0.05) is 21.8 Å². The van der Waals surface area contributed by atoms with Gasteiger partial charge in [0.2, 0.25) is 5.91 Å². The lowest BCUT2D eigenvalue weighted by Crippen LogP contribution is -2.22. The normalized spacial score (nSPS) is 11.6. The van der Waals surface area contributed by atoms with Crippen molar-refractivity contribution in [3.05, 3.63) is 89.2 Å². The molecule has 3 rings (SSSR count). The van der Waals surface area contributed by atoms with Gasteiger partial charge in [0.15, 0.2) is 0 Å². The molecular formula is C24H23FN2O2S. The smallest absolute Gasteiger partial charge is 0.255 e. The monoisotopic (exact) mass is 422 g/mol. The molecule has 3 aromatic rings. The fraction of sp³-hybridized carbons (Fsp3) is 0.167. The molecule has 0 radical (unpaired) electrons. The zero-order chi connectivity index (χ0) is 21.7. The molecule has 1 atom stereocenters. The first kappa shape index (κ1) is 21.6. The molecule has 0 aliphatic carbocycles. The van der Waals surface area contributed by atoms with Crippen LogP contribution in [0.5, 0.6) is 0 Å². The summed E-state index contributed by atoms with van der Waals surface area (Å²) < 4.78 is 13.0. The van der Waals surface area contributed by atoms with Gasteiger partial charge in [-0.2, -0.15) is 0 Å². The first-order valence-corrected chi connectivity index (χ1v) is 10.4. The molecule has 0 fully saturated rings. The Bertz CT molecular complexity index is 1070. The quantitative estimate of drug-likeness (QED) is 0.493. The van der Waals surface area contributed by atoms with Crippen LogP contribution in [0.1, 0.15) is 28.4 Å². The minimum atomic E-state index is -0.391. The topological polar surface area (TPSA) is 58.2 Å². The third-order valence-electron chi connectivity index (χ3n) is 4.65. The summed E-state index contributed by atoms with van der Waals surface area (Å²) >= 11 is 1.40. The van der Waals surface area contributed by atoms with Gasteiger partial charge < -0.3 is 10.6 Å². The predicted octanol–water partition coefficient (Wildman–Crippen LogP) is 5.81. The Balaban J connectivity index is 1.62. The number of hydrogen-bond donors (Lipinski definition) is 2. The number of aryl methyl sites for hydroxylation is 2. The highest BCUT2D eigenvalue weighted by atomic mass is 32.2. The van der Waals surface area contributed by atoms with Crippen LogP contribution in [-0.2, 0) is 4.79 Å². The van der Waals surface area contributed by atoms with E-state index in [4.69, 9.17) is 0 Å².